The summed E-state index contributed by atoms with van der Waals surface area (Å²) in [6, 6.07) is 7.97. The molecule has 2 aromatic rings. The second-order valence-corrected chi connectivity index (χ2v) is 7.60. The highest BCUT2D eigenvalue weighted by Gasteiger charge is 2.23. The Bertz CT molecular complexity index is 901. The minimum atomic E-state index is -0.525. The van der Waals surface area contributed by atoms with Crippen LogP contribution < -0.4 is 15.5 Å². The van der Waals surface area contributed by atoms with Crippen LogP contribution in [0.25, 0.3) is 0 Å². The molecule has 8 nitrogen and oxygen atoms in total. The summed E-state index contributed by atoms with van der Waals surface area (Å²) < 4.78 is 0.814. The van der Waals surface area contributed by atoms with Gasteiger partial charge >= 0.3 is 0 Å². The van der Waals surface area contributed by atoms with Gasteiger partial charge in [0.05, 0.1) is 4.92 Å². The Morgan fingerprint density at radius 1 is 1.21 bits per heavy atom. The number of hydrogen-bond donors (Lipinski definition) is 2. The smallest absolute Gasteiger partial charge is 0.293 e. The number of thiocarbonyl (C=S) groups is 1. The van der Waals surface area contributed by atoms with Crippen LogP contribution >= 0.6 is 28.1 Å². The Balaban J connectivity index is 1.72. The number of carbonyl (C=O) groups excluding carboxylic acids is 1. The number of hydrogen-bond acceptors (Lipinski definition) is 6. The van der Waals surface area contributed by atoms with E-state index in [1.54, 1.807) is 30.5 Å². The van der Waals surface area contributed by atoms with Crippen molar-refractivity contribution in [2.45, 2.75) is 19.3 Å². The van der Waals surface area contributed by atoms with Gasteiger partial charge < -0.3 is 10.2 Å². The number of halogens is 1. The Labute approximate surface area is 175 Å². The van der Waals surface area contributed by atoms with Gasteiger partial charge in [0.2, 0.25) is 0 Å². The van der Waals surface area contributed by atoms with Gasteiger partial charge in [-0.2, -0.15) is 0 Å². The second-order valence-electron chi connectivity index (χ2n) is 6.28. The molecule has 0 radical (unpaired) electrons. The first-order valence-corrected chi connectivity index (χ1v) is 9.91. The second kappa shape index (κ2) is 9.07. The number of carbonyl (C=O) groups is 1. The predicted octanol–water partition coefficient (Wildman–Crippen LogP) is 3.87. The van der Waals surface area contributed by atoms with Crippen LogP contribution in [0.15, 0.2) is 41.0 Å². The number of piperidine rings is 1. The molecule has 1 fully saturated rings. The Kier molecular flexibility index (Phi) is 6.53. The lowest BCUT2D eigenvalue weighted by atomic mass is 10.1. The first-order valence-electron chi connectivity index (χ1n) is 8.71. The fourth-order valence-corrected chi connectivity index (χ4v) is 3.42. The molecule has 1 amide bonds. The number of amides is 1. The highest BCUT2D eigenvalue weighted by Crippen LogP contribution is 2.31. The molecular formula is C18H18BrN5O3S. The van der Waals surface area contributed by atoms with E-state index < -0.39 is 10.8 Å². The summed E-state index contributed by atoms with van der Waals surface area (Å²) in [5.41, 5.74) is 0.629. The van der Waals surface area contributed by atoms with Crippen molar-refractivity contribution in [3.8, 4) is 0 Å². The van der Waals surface area contributed by atoms with Crippen molar-refractivity contribution < 1.29 is 9.72 Å². The highest BCUT2D eigenvalue weighted by atomic mass is 79.9. The average Bonchev–Trinajstić information content (AvgIpc) is 2.69. The minimum Gasteiger partial charge on any atom is -0.366 e. The number of nitro benzene ring substituents is 1. The minimum absolute atomic E-state index is 0.0579. The molecule has 28 heavy (non-hydrogen) atoms. The van der Waals surface area contributed by atoms with Crippen LogP contribution in [0.2, 0.25) is 0 Å². The van der Waals surface area contributed by atoms with Crippen LogP contribution in [0.5, 0.6) is 0 Å². The Morgan fingerprint density at radius 3 is 2.61 bits per heavy atom. The van der Waals surface area contributed by atoms with E-state index in [4.69, 9.17) is 12.2 Å². The molecule has 146 valence electrons. The summed E-state index contributed by atoms with van der Waals surface area (Å²) in [4.78, 5) is 29.6. The summed E-state index contributed by atoms with van der Waals surface area (Å²) in [5.74, 6) is -0.0529. The number of rotatable bonds is 4. The maximum absolute atomic E-state index is 12.5. The van der Waals surface area contributed by atoms with Crippen LogP contribution in [0.4, 0.5) is 17.2 Å². The van der Waals surface area contributed by atoms with Crippen LogP contribution in [0.3, 0.4) is 0 Å². The molecular weight excluding hydrogens is 446 g/mol. The van der Waals surface area contributed by atoms with Crippen LogP contribution in [-0.2, 0) is 0 Å². The lowest BCUT2D eigenvalue weighted by Crippen LogP contribution is -2.34. The molecule has 3 rings (SSSR count). The molecule has 10 heteroatoms. The topological polar surface area (TPSA) is 100 Å². The molecule has 0 aliphatic carbocycles. The normalized spacial score (nSPS) is 13.7. The molecule has 0 unspecified atom stereocenters. The average molecular weight is 464 g/mol. The molecule has 1 aliphatic rings. The monoisotopic (exact) mass is 463 g/mol. The lowest BCUT2D eigenvalue weighted by Gasteiger charge is -2.28. The van der Waals surface area contributed by atoms with Crippen LogP contribution in [0, 0.1) is 10.1 Å². The summed E-state index contributed by atoms with van der Waals surface area (Å²) >= 11 is 8.40. The zero-order valence-electron chi connectivity index (χ0n) is 14.9. The maximum Gasteiger partial charge on any atom is 0.293 e. The van der Waals surface area contributed by atoms with E-state index in [1.807, 2.05) is 4.90 Å². The first-order chi connectivity index (χ1) is 13.4. The Hall–Kier alpha value is -2.59. The van der Waals surface area contributed by atoms with Crippen molar-refractivity contribution in [1.29, 1.82) is 0 Å². The standard InChI is InChI=1S/C18H18BrN5O3S/c19-13-5-7-16(20-11-13)21-18(28)22-17(25)12-4-6-14(15(10-12)24(26)27)23-8-2-1-3-9-23/h4-7,10-11H,1-3,8-9H2,(H2,20,21,22,25,28). The van der Waals surface area contributed by atoms with Gasteiger partial charge in [0.25, 0.3) is 11.6 Å². The van der Waals surface area contributed by atoms with Gasteiger partial charge in [0.15, 0.2) is 5.11 Å². The fraction of sp³-hybridized carbons (Fsp3) is 0.278. The lowest BCUT2D eigenvalue weighted by molar-refractivity contribution is -0.384. The molecule has 2 heterocycles. The number of pyridine rings is 1. The molecule has 1 aromatic carbocycles. The summed E-state index contributed by atoms with van der Waals surface area (Å²) in [6.07, 6.45) is 4.73. The third-order valence-corrected chi connectivity index (χ3v) is 5.00. The van der Waals surface area contributed by atoms with Crippen molar-refractivity contribution in [1.82, 2.24) is 10.3 Å². The first kappa shape index (κ1) is 20.2. The molecule has 1 aliphatic heterocycles. The van der Waals surface area contributed by atoms with Gasteiger partial charge in [0, 0.05) is 35.4 Å². The molecule has 0 spiro atoms. The molecule has 1 aromatic heterocycles. The number of nitrogens with zero attached hydrogens (tertiary/aromatic N) is 3. The fourth-order valence-electron chi connectivity index (χ4n) is 2.99. The molecule has 0 bridgehead atoms. The van der Waals surface area contributed by atoms with E-state index in [1.165, 1.54) is 6.07 Å². The SMILES string of the molecule is O=C(NC(=S)Nc1ccc(Br)cn1)c1ccc(N2CCCCC2)c([N+](=O)[O-])c1. The van der Waals surface area contributed by atoms with Gasteiger partial charge in [-0.05, 0) is 71.7 Å². The van der Waals surface area contributed by atoms with Gasteiger partial charge in [-0.25, -0.2) is 4.98 Å². The zero-order valence-corrected chi connectivity index (χ0v) is 17.3. The number of aromatic nitrogens is 1. The van der Waals surface area contributed by atoms with Gasteiger partial charge in [0.1, 0.15) is 11.5 Å². The van der Waals surface area contributed by atoms with Gasteiger partial charge in [-0.1, -0.05) is 0 Å². The largest absolute Gasteiger partial charge is 0.366 e. The van der Waals surface area contributed by atoms with Crippen molar-refractivity contribution in [3.05, 3.63) is 56.7 Å². The summed E-state index contributed by atoms with van der Waals surface area (Å²) in [6.45, 7) is 1.56. The van der Waals surface area contributed by atoms with E-state index in [2.05, 4.69) is 31.5 Å². The number of anilines is 2. The van der Waals surface area contributed by atoms with E-state index in [0.29, 0.717) is 11.5 Å². The molecule has 1 saturated heterocycles. The van der Waals surface area contributed by atoms with Crippen molar-refractivity contribution in [2.24, 2.45) is 0 Å². The summed E-state index contributed by atoms with van der Waals surface area (Å²) in [5, 5.41) is 16.9. The quantitative estimate of drug-likeness (QED) is 0.403. The molecule has 0 saturated carbocycles. The molecule has 2 N–H and O–H groups in total. The van der Waals surface area contributed by atoms with Crippen molar-refractivity contribution >= 4 is 56.4 Å². The third kappa shape index (κ3) is 5.02. The highest BCUT2D eigenvalue weighted by molar-refractivity contribution is 9.10. The Morgan fingerprint density at radius 2 is 1.96 bits per heavy atom. The van der Waals surface area contributed by atoms with Crippen molar-refractivity contribution in [2.75, 3.05) is 23.3 Å². The van der Waals surface area contributed by atoms with Gasteiger partial charge in [-0.3, -0.25) is 20.2 Å². The predicted molar refractivity (Wildman–Crippen MR) is 115 cm³/mol. The van der Waals surface area contributed by atoms with Crippen LogP contribution in [-0.4, -0.2) is 34.0 Å². The number of benzene rings is 1. The third-order valence-electron chi connectivity index (χ3n) is 4.33. The maximum atomic E-state index is 12.5. The van der Waals surface area contributed by atoms with Gasteiger partial charge in [-0.15, -0.1) is 0 Å². The zero-order chi connectivity index (χ0) is 20.1. The van der Waals surface area contributed by atoms with E-state index >= 15 is 0 Å². The number of nitro groups is 1. The van der Waals surface area contributed by atoms with Crippen LogP contribution in [0.1, 0.15) is 29.6 Å². The van der Waals surface area contributed by atoms with Crippen molar-refractivity contribution in [3.63, 3.8) is 0 Å². The number of nitrogens with one attached hydrogen (secondary N) is 2. The van der Waals surface area contributed by atoms with E-state index in [9.17, 15) is 14.9 Å². The summed E-state index contributed by atoms with van der Waals surface area (Å²) in [7, 11) is 0. The molecule has 0 atom stereocenters. The van der Waals surface area contributed by atoms with E-state index in [-0.39, 0.29) is 16.4 Å². The van der Waals surface area contributed by atoms with E-state index in [0.717, 1.165) is 36.8 Å².